The van der Waals surface area contributed by atoms with Crippen LogP contribution in [0.5, 0.6) is 0 Å². The molecule has 3 rings (SSSR count). The van der Waals surface area contributed by atoms with Crippen LogP contribution in [0.4, 0.5) is 0 Å². The van der Waals surface area contributed by atoms with Crippen molar-refractivity contribution in [2.45, 2.75) is 63.6 Å². The molecule has 0 radical (unpaired) electrons. The first-order valence-electron chi connectivity index (χ1n) is 8.25. The summed E-state index contributed by atoms with van der Waals surface area (Å²) in [7, 11) is 0. The van der Waals surface area contributed by atoms with Crippen LogP contribution in [-0.2, 0) is 10.3 Å². The highest BCUT2D eigenvalue weighted by Crippen LogP contribution is 2.33. The lowest BCUT2D eigenvalue weighted by atomic mass is 9.88. The molecule has 2 atom stereocenters. The molecule has 0 spiro atoms. The minimum absolute atomic E-state index is 0. The third kappa shape index (κ3) is 4.71. The van der Waals surface area contributed by atoms with Gasteiger partial charge >= 0.3 is 0 Å². The first kappa shape index (κ1) is 18.8. The fraction of sp³-hybridized carbons (Fsp3) is 0.611. The summed E-state index contributed by atoms with van der Waals surface area (Å²) < 4.78 is 1.06. The molecule has 5 heteroatoms. The molecule has 2 bridgehead atoms. The lowest BCUT2D eigenvalue weighted by molar-refractivity contribution is -0.124. The highest BCUT2D eigenvalue weighted by atomic mass is 79.9. The maximum Gasteiger partial charge on any atom is 0.220 e. The van der Waals surface area contributed by atoms with E-state index in [2.05, 4.69) is 52.5 Å². The Labute approximate surface area is 153 Å². The minimum atomic E-state index is -0.330. The summed E-state index contributed by atoms with van der Waals surface area (Å²) in [6.07, 6.45) is 5.54. The van der Waals surface area contributed by atoms with E-state index in [9.17, 15) is 4.79 Å². The van der Waals surface area contributed by atoms with Gasteiger partial charge in [0.05, 0.1) is 5.54 Å². The molecule has 2 N–H and O–H groups in total. The third-order valence-electron chi connectivity index (χ3n) is 5.06. The molecule has 1 aromatic rings. The Hall–Kier alpha value is -0.580. The molecular weight excluding hydrogens is 376 g/mol. The van der Waals surface area contributed by atoms with Gasteiger partial charge < -0.3 is 10.6 Å². The minimum Gasteiger partial charge on any atom is -0.347 e. The second-order valence-electron chi connectivity index (χ2n) is 7.36. The summed E-state index contributed by atoms with van der Waals surface area (Å²) in [5, 5.41) is 6.85. The molecule has 2 aliphatic heterocycles. The van der Waals surface area contributed by atoms with E-state index in [4.69, 9.17) is 0 Å². The molecule has 2 saturated heterocycles. The highest BCUT2D eigenvalue weighted by Gasteiger charge is 2.34. The van der Waals surface area contributed by atoms with E-state index >= 15 is 0 Å². The van der Waals surface area contributed by atoms with E-state index < -0.39 is 0 Å². The van der Waals surface area contributed by atoms with Crippen LogP contribution in [-0.4, -0.2) is 18.0 Å². The Bertz CT molecular complexity index is 534. The largest absolute Gasteiger partial charge is 0.347 e. The van der Waals surface area contributed by atoms with Gasteiger partial charge in [-0.1, -0.05) is 28.1 Å². The first-order valence-corrected chi connectivity index (χ1v) is 9.05. The van der Waals surface area contributed by atoms with Gasteiger partial charge in [-0.05, 0) is 63.1 Å². The molecule has 0 aromatic heterocycles. The molecule has 0 saturated carbocycles. The summed E-state index contributed by atoms with van der Waals surface area (Å²) in [4.78, 5) is 12.5. The standard InChI is InChI=1S/C18H25BrN2O.ClH/c1-18(2,13-3-5-14(19)6-4-13)21-17(22)11-12-9-15-7-8-16(10-12)20-15;/h3-6,12,15-16,20H,7-11H2,1-2H3,(H,21,22);1H. The lowest BCUT2D eigenvalue weighted by Gasteiger charge is -2.31. The van der Waals surface area contributed by atoms with E-state index in [0.29, 0.717) is 24.4 Å². The lowest BCUT2D eigenvalue weighted by Crippen LogP contribution is -2.44. The average molecular weight is 402 g/mol. The monoisotopic (exact) mass is 400 g/mol. The van der Waals surface area contributed by atoms with Crippen LogP contribution in [0.25, 0.3) is 0 Å². The number of fused-ring (bicyclic) bond motifs is 2. The number of piperidine rings is 1. The van der Waals surface area contributed by atoms with Crippen molar-refractivity contribution < 1.29 is 4.79 Å². The molecular formula is C18H26BrClN2O. The van der Waals surface area contributed by atoms with Crippen molar-refractivity contribution in [2.75, 3.05) is 0 Å². The number of rotatable bonds is 4. The molecule has 23 heavy (non-hydrogen) atoms. The van der Waals surface area contributed by atoms with Crippen LogP contribution < -0.4 is 10.6 Å². The number of nitrogens with one attached hydrogen (secondary N) is 2. The molecule has 3 nitrogen and oxygen atoms in total. The van der Waals surface area contributed by atoms with Gasteiger partial charge in [-0.2, -0.15) is 0 Å². The molecule has 128 valence electrons. The van der Waals surface area contributed by atoms with Crippen molar-refractivity contribution in [2.24, 2.45) is 5.92 Å². The van der Waals surface area contributed by atoms with E-state index in [1.807, 2.05) is 12.1 Å². The molecule has 0 aliphatic carbocycles. The van der Waals surface area contributed by atoms with Gasteiger partial charge in [-0.15, -0.1) is 12.4 Å². The van der Waals surface area contributed by atoms with Crippen molar-refractivity contribution in [1.29, 1.82) is 0 Å². The van der Waals surface area contributed by atoms with Crippen LogP contribution in [0.15, 0.2) is 28.7 Å². The number of amides is 1. The van der Waals surface area contributed by atoms with Crippen molar-refractivity contribution in [3.8, 4) is 0 Å². The summed E-state index contributed by atoms with van der Waals surface area (Å²) in [5.41, 5.74) is 0.804. The van der Waals surface area contributed by atoms with Crippen molar-refractivity contribution >= 4 is 34.2 Å². The fourth-order valence-electron chi connectivity index (χ4n) is 3.94. The predicted octanol–water partition coefficient (Wildman–Crippen LogP) is 4.14. The molecule has 2 aliphatic rings. The third-order valence-corrected chi connectivity index (χ3v) is 5.59. The van der Waals surface area contributed by atoms with E-state index in [1.54, 1.807) is 0 Å². The molecule has 2 heterocycles. The average Bonchev–Trinajstić information content (AvgIpc) is 2.77. The Kier molecular flexibility index (Phi) is 6.15. The van der Waals surface area contributed by atoms with Gasteiger partial charge in [0.2, 0.25) is 5.91 Å². The predicted molar refractivity (Wildman–Crippen MR) is 99.8 cm³/mol. The quantitative estimate of drug-likeness (QED) is 0.796. The Morgan fingerprint density at radius 3 is 2.35 bits per heavy atom. The number of hydrogen-bond donors (Lipinski definition) is 2. The van der Waals surface area contributed by atoms with Gasteiger partial charge in [0.25, 0.3) is 0 Å². The zero-order valence-corrected chi connectivity index (χ0v) is 16.2. The Morgan fingerprint density at radius 2 is 1.78 bits per heavy atom. The number of carbonyl (C=O) groups excluding carboxylic acids is 1. The molecule has 2 unspecified atom stereocenters. The number of hydrogen-bond acceptors (Lipinski definition) is 2. The maximum absolute atomic E-state index is 12.5. The van der Waals surface area contributed by atoms with Gasteiger partial charge in [0.1, 0.15) is 0 Å². The topological polar surface area (TPSA) is 41.1 Å². The highest BCUT2D eigenvalue weighted by molar-refractivity contribution is 9.10. The molecule has 2 fully saturated rings. The fourth-order valence-corrected chi connectivity index (χ4v) is 4.21. The Morgan fingerprint density at radius 1 is 1.22 bits per heavy atom. The summed E-state index contributed by atoms with van der Waals surface area (Å²) in [5.74, 6) is 0.721. The summed E-state index contributed by atoms with van der Waals surface area (Å²) >= 11 is 3.45. The molecule has 1 amide bonds. The SMILES string of the molecule is CC(C)(NC(=O)CC1CC2CCC(C1)N2)c1ccc(Br)cc1.Cl. The smallest absolute Gasteiger partial charge is 0.220 e. The van der Waals surface area contributed by atoms with Gasteiger partial charge in [0.15, 0.2) is 0 Å². The second-order valence-corrected chi connectivity index (χ2v) is 8.28. The van der Waals surface area contributed by atoms with Crippen LogP contribution in [0.2, 0.25) is 0 Å². The van der Waals surface area contributed by atoms with Crippen LogP contribution in [0.1, 0.15) is 51.5 Å². The van der Waals surface area contributed by atoms with Gasteiger partial charge in [-0.25, -0.2) is 0 Å². The van der Waals surface area contributed by atoms with Crippen molar-refractivity contribution in [3.63, 3.8) is 0 Å². The summed E-state index contributed by atoms with van der Waals surface area (Å²) in [6.45, 7) is 4.14. The maximum atomic E-state index is 12.5. The number of benzene rings is 1. The van der Waals surface area contributed by atoms with E-state index in [1.165, 1.54) is 12.8 Å². The van der Waals surface area contributed by atoms with Gasteiger partial charge in [-0.3, -0.25) is 4.79 Å². The van der Waals surface area contributed by atoms with Crippen LogP contribution in [0.3, 0.4) is 0 Å². The van der Waals surface area contributed by atoms with E-state index in [0.717, 1.165) is 22.9 Å². The van der Waals surface area contributed by atoms with E-state index in [-0.39, 0.29) is 23.9 Å². The molecule has 1 aromatic carbocycles. The van der Waals surface area contributed by atoms with Gasteiger partial charge in [0, 0.05) is 23.0 Å². The zero-order chi connectivity index (χ0) is 15.7. The second kappa shape index (κ2) is 7.54. The van der Waals surface area contributed by atoms with Crippen molar-refractivity contribution in [3.05, 3.63) is 34.3 Å². The Balaban J connectivity index is 0.00000192. The van der Waals surface area contributed by atoms with Crippen LogP contribution >= 0.6 is 28.3 Å². The number of halogens is 2. The summed E-state index contributed by atoms with van der Waals surface area (Å²) in [6, 6.07) is 9.47. The number of carbonyl (C=O) groups is 1. The van der Waals surface area contributed by atoms with Crippen molar-refractivity contribution in [1.82, 2.24) is 10.6 Å². The van der Waals surface area contributed by atoms with Crippen LogP contribution in [0, 0.1) is 5.92 Å². The normalized spacial score (nSPS) is 26.5. The first-order chi connectivity index (χ1) is 10.4. The zero-order valence-electron chi connectivity index (χ0n) is 13.8.